The number of ether oxygens (including phenoxy) is 1. The molecule has 1 amide bonds. The first-order chi connectivity index (χ1) is 11.8. The fourth-order valence-corrected chi connectivity index (χ4v) is 2.51. The van der Waals surface area contributed by atoms with Gasteiger partial charge >= 0.3 is 0 Å². The van der Waals surface area contributed by atoms with E-state index in [2.05, 4.69) is 27.4 Å². The average Bonchev–Trinajstić information content (AvgIpc) is 3.29. The van der Waals surface area contributed by atoms with Crippen LogP contribution in [0.4, 0.5) is 5.69 Å². The lowest BCUT2D eigenvalue weighted by molar-refractivity contribution is 0.0835. The van der Waals surface area contributed by atoms with Crippen LogP contribution in [0.15, 0.2) is 41.4 Å². The zero-order chi connectivity index (χ0) is 16.8. The summed E-state index contributed by atoms with van der Waals surface area (Å²) in [7, 11) is 0. The van der Waals surface area contributed by atoms with Gasteiger partial charge in [-0.2, -0.15) is 4.98 Å². The van der Waals surface area contributed by atoms with Crippen LogP contribution in [0, 0.1) is 0 Å². The van der Waals surface area contributed by atoms with Crippen molar-refractivity contribution in [2.24, 2.45) is 0 Å². The predicted molar refractivity (Wildman–Crippen MR) is 88.5 cm³/mol. The van der Waals surface area contributed by atoms with E-state index < -0.39 is 0 Å². The molecule has 2 aromatic rings. The number of anilines is 1. The lowest BCUT2D eigenvalue weighted by Crippen LogP contribution is -2.24. The summed E-state index contributed by atoms with van der Waals surface area (Å²) in [6.07, 6.45) is 3.50. The molecular weight excluding hydrogens is 308 g/mol. The third kappa shape index (κ3) is 3.80. The number of hydrogen-bond acceptors (Lipinski definition) is 6. The molecule has 0 saturated carbocycles. The summed E-state index contributed by atoms with van der Waals surface area (Å²) in [5.74, 6) is 0.709. The number of aromatic nitrogens is 2. The Hall–Kier alpha value is -2.67. The van der Waals surface area contributed by atoms with E-state index >= 15 is 0 Å². The summed E-state index contributed by atoms with van der Waals surface area (Å²) >= 11 is 0. The fraction of sp³-hybridized carbons (Fsp3) is 0.353. The largest absolute Gasteiger partial charge is 0.381 e. The molecule has 0 aliphatic carbocycles. The first-order valence-corrected chi connectivity index (χ1v) is 7.94. The van der Waals surface area contributed by atoms with Crippen LogP contribution in [-0.4, -0.2) is 29.2 Å². The van der Waals surface area contributed by atoms with Gasteiger partial charge in [-0.05, 0) is 25.0 Å². The number of amides is 1. The van der Waals surface area contributed by atoms with Crippen LogP contribution in [0.5, 0.6) is 0 Å². The molecule has 3 rings (SSSR count). The predicted octanol–water partition coefficient (Wildman–Crippen LogP) is 2.45. The zero-order valence-corrected chi connectivity index (χ0v) is 13.3. The Balaban J connectivity index is 1.60. The van der Waals surface area contributed by atoms with E-state index in [-0.39, 0.29) is 18.6 Å². The normalized spacial score (nSPS) is 16.8. The minimum absolute atomic E-state index is 0.120. The lowest BCUT2D eigenvalue weighted by atomic mass is 10.1. The number of benzene rings is 1. The van der Waals surface area contributed by atoms with Gasteiger partial charge in [0.2, 0.25) is 0 Å². The van der Waals surface area contributed by atoms with E-state index in [1.807, 2.05) is 18.2 Å². The molecule has 1 atom stereocenters. The Morgan fingerprint density at radius 1 is 1.42 bits per heavy atom. The monoisotopic (exact) mass is 328 g/mol. The van der Waals surface area contributed by atoms with Gasteiger partial charge in [-0.15, -0.1) is 6.58 Å². The van der Waals surface area contributed by atoms with Gasteiger partial charge in [0, 0.05) is 18.8 Å². The SMILES string of the molecule is C=CCNc1ccccc1C(=O)NCc1noc([C@@H]2CCCO2)n1. The van der Waals surface area contributed by atoms with Crippen LogP contribution in [0.25, 0.3) is 0 Å². The van der Waals surface area contributed by atoms with Crippen molar-refractivity contribution in [1.29, 1.82) is 0 Å². The number of rotatable bonds is 7. The van der Waals surface area contributed by atoms with Gasteiger partial charge in [0.1, 0.15) is 6.10 Å². The zero-order valence-electron chi connectivity index (χ0n) is 13.3. The maximum Gasteiger partial charge on any atom is 0.255 e. The van der Waals surface area contributed by atoms with Gasteiger partial charge in [-0.3, -0.25) is 4.79 Å². The van der Waals surface area contributed by atoms with E-state index in [9.17, 15) is 4.79 Å². The number of carbonyl (C=O) groups is 1. The van der Waals surface area contributed by atoms with E-state index in [1.54, 1.807) is 12.1 Å². The van der Waals surface area contributed by atoms with Crippen molar-refractivity contribution in [2.45, 2.75) is 25.5 Å². The number of para-hydroxylation sites is 1. The highest BCUT2D eigenvalue weighted by atomic mass is 16.5. The molecular formula is C17H20N4O3. The van der Waals surface area contributed by atoms with Gasteiger partial charge in [0.05, 0.1) is 12.1 Å². The molecule has 0 radical (unpaired) electrons. The Morgan fingerprint density at radius 3 is 3.08 bits per heavy atom. The van der Waals surface area contributed by atoms with Crippen molar-refractivity contribution in [2.75, 3.05) is 18.5 Å². The highest BCUT2D eigenvalue weighted by Crippen LogP contribution is 2.26. The molecule has 1 aromatic heterocycles. The Kier molecular flexibility index (Phi) is 5.22. The second-order valence-corrected chi connectivity index (χ2v) is 5.45. The molecule has 2 heterocycles. The summed E-state index contributed by atoms with van der Waals surface area (Å²) in [6, 6.07) is 7.30. The third-order valence-electron chi connectivity index (χ3n) is 3.70. The smallest absolute Gasteiger partial charge is 0.255 e. The quantitative estimate of drug-likeness (QED) is 0.759. The van der Waals surface area contributed by atoms with Crippen LogP contribution in [0.3, 0.4) is 0 Å². The summed E-state index contributed by atoms with van der Waals surface area (Å²) in [5.41, 5.74) is 1.31. The van der Waals surface area contributed by atoms with Gasteiger partial charge in [0.25, 0.3) is 11.8 Å². The second kappa shape index (κ2) is 7.74. The molecule has 0 spiro atoms. The van der Waals surface area contributed by atoms with Gasteiger partial charge in [-0.25, -0.2) is 0 Å². The molecule has 7 heteroatoms. The highest BCUT2D eigenvalue weighted by molar-refractivity contribution is 5.99. The van der Waals surface area contributed by atoms with Crippen LogP contribution >= 0.6 is 0 Å². The van der Waals surface area contributed by atoms with E-state index in [4.69, 9.17) is 9.26 Å². The first-order valence-electron chi connectivity index (χ1n) is 7.94. The van der Waals surface area contributed by atoms with Crippen molar-refractivity contribution in [3.05, 3.63) is 54.2 Å². The molecule has 2 N–H and O–H groups in total. The Morgan fingerprint density at radius 2 is 2.29 bits per heavy atom. The van der Waals surface area contributed by atoms with Crippen molar-refractivity contribution < 1.29 is 14.1 Å². The first kappa shape index (κ1) is 16.2. The molecule has 1 aromatic carbocycles. The van der Waals surface area contributed by atoms with Crippen LogP contribution < -0.4 is 10.6 Å². The van der Waals surface area contributed by atoms with Crippen molar-refractivity contribution in [1.82, 2.24) is 15.5 Å². The molecule has 0 bridgehead atoms. The molecule has 1 aliphatic rings. The minimum Gasteiger partial charge on any atom is -0.381 e. The van der Waals surface area contributed by atoms with E-state index in [0.29, 0.717) is 30.4 Å². The summed E-state index contributed by atoms with van der Waals surface area (Å²) in [6.45, 7) is 5.16. The summed E-state index contributed by atoms with van der Waals surface area (Å²) in [4.78, 5) is 16.7. The number of carbonyl (C=O) groups excluding carboxylic acids is 1. The molecule has 0 unspecified atom stereocenters. The number of nitrogens with one attached hydrogen (secondary N) is 2. The topological polar surface area (TPSA) is 89.3 Å². The summed E-state index contributed by atoms with van der Waals surface area (Å²) in [5, 5.41) is 9.83. The lowest BCUT2D eigenvalue weighted by Gasteiger charge is -2.10. The van der Waals surface area contributed by atoms with Gasteiger partial charge in [0.15, 0.2) is 5.82 Å². The van der Waals surface area contributed by atoms with Crippen molar-refractivity contribution in [3.63, 3.8) is 0 Å². The maximum absolute atomic E-state index is 12.4. The third-order valence-corrected chi connectivity index (χ3v) is 3.70. The van der Waals surface area contributed by atoms with Gasteiger partial charge in [-0.1, -0.05) is 23.4 Å². The molecule has 24 heavy (non-hydrogen) atoms. The summed E-state index contributed by atoms with van der Waals surface area (Å²) < 4.78 is 10.7. The maximum atomic E-state index is 12.4. The Bertz CT molecular complexity index is 707. The van der Waals surface area contributed by atoms with Gasteiger partial charge < -0.3 is 19.9 Å². The second-order valence-electron chi connectivity index (χ2n) is 5.45. The van der Waals surface area contributed by atoms with Crippen molar-refractivity contribution >= 4 is 11.6 Å². The number of hydrogen-bond donors (Lipinski definition) is 2. The molecule has 1 saturated heterocycles. The molecule has 1 aliphatic heterocycles. The highest BCUT2D eigenvalue weighted by Gasteiger charge is 2.24. The van der Waals surface area contributed by atoms with E-state index in [1.165, 1.54) is 0 Å². The minimum atomic E-state index is -0.203. The molecule has 126 valence electrons. The molecule has 1 fully saturated rings. The van der Waals surface area contributed by atoms with E-state index in [0.717, 1.165) is 18.5 Å². The van der Waals surface area contributed by atoms with Crippen LogP contribution in [0.2, 0.25) is 0 Å². The standard InChI is InChI=1S/C17H20N4O3/c1-2-9-18-13-7-4-3-6-12(13)16(22)19-11-15-20-17(24-21-15)14-8-5-10-23-14/h2-4,6-7,14,18H,1,5,8-11H2,(H,19,22)/t14-/m0/s1. The Labute approximate surface area is 140 Å². The molecule has 7 nitrogen and oxygen atoms in total. The van der Waals surface area contributed by atoms with Crippen LogP contribution in [-0.2, 0) is 11.3 Å². The number of nitrogens with zero attached hydrogens (tertiary/aromatic N) is 2. The van der Waals surface area contributed by atoms with Crippen molar-refractivity contribution in [3.8, 4) is 0 Å². The van der Waals surface area contributed by atoms with Crippen LogP contribution in [0.1, 0.15) is 41.0 Å². The fourth-order valence-electron chi connectivity index (χ4n) is 2.51. The average molecular weight is 328 g/mol.